The first kappa shape index (κ1) is 47.4. The fraction of sp³-hybridized carbons (Fsp3) is 0.345. The average molecular weight is 887 g/mol. The first-order valence-electron chi connectivity index (χ1n) is 23.6. The molecule has 8 heteroatoms. The maximum Gasteiger partial charge on any atom is 0.254 e. The largest absolute Gasteiger partial charge is 0.497 e. The van der Waals surface area contributed by atoms with Crippen LogP contribution in [-0.4, -0.2) is 77.2 Å². The van der Waals surface area contributed by atoms with Gasteiger partial charge >= 0.3 is 0 Å². The molecule has 6 aromatic carbocycles. The summed E-state index contributed by atoms with van der Waals surface area (Å²) in [6.07, 6.45) is 11.6. The molecule has 0 bridgehead atoms. The highest BCUT2D eigenvalue weighted by molar-refractivity contribution is 6.21. The predicted molar refractivity (Wildman–Crippen MR) is 268 cm³/mol. The molecule has 2 amide bonds. The Morgan fingerprint density at radius 1 is 0.394 bits per heavy atom. The Kier molecular flexibility index (Phi) is 16.6. The topological polar surface area (TPSA) is 77.5 Å². The molecular formula is C58H66N2O6. The van der Waals surface area contributed by atoms with Gasteiger partial charge in [-0.1, -0.05) is 123 Å². The van der Waals surface area contributed by atoms with E-state index in [2.05, 4.69) is 0 Å². The molecule has 2 aliphatic carbocycles. The third-order valence-electron chi connectivity index (χ3n) is 13.3. The van der Waals surface area contributed by atoms with E-state index in [-0.39, 0.29) is 11.8 Å². The van der Waals surface area contributed by atoms with E-state index < -0.39 is 0 Å². The standard InChI is InChI=1S/C52H60N2O6.C6H6/c1-53(33-35-13-9-7-10-14-35)51(55)49-45(37-17-25-41(57-3)26-18-37)47(39-21-29-43(59-5)30-22-39)50(52(56)54(2)34-36-15-11-8-12-16-36)48(40-23-31-44(60-6)32-24-40)46(49)38-19-27-42(58-4)28-20-38;1-2-4-6-5-3-1/h17-32,35-36H,7-16,33-34H2,1-6H3;1-6H. The number of amides is 2. The van der Waals surface area contributed by atoms with Gasteiger partial charge in [0.1, 0.15) is 23.0 Å². The molecule has 0 aliphatic heterocycles. The van der Waals surface area contributed by atoms with Crippen LogP contribution in [0.2, 0.25) is 0 Å². The number of ether oxygens (including phenoxy) is 4. The third-order valence-corrected chi connectivity index (χ3v) is 13.3. The van der Waals surface area contributed by atoms with Gasteiger partial charge in [-0.15, -0.1) is 0 Å². The van der Waals surface area contributed by atoms with Gasteiger partial charge < -0.3 is 28.7 Å². The maximum absolute atomic E-state index is 15.8. The SMILES string of the molecule is COc1ccc(-c2c(C(=O)N(C)CC3CCCCC3)c(-c3ccc(OC)cc3)c(-c3ccc(OC)cc3)c(C(=O)N(C)CC3CCCCC3)c2-c2ccc(OC)cc2)cc1.c1ccccc1. The number of hydrogen-bond donors (Lipinski definition) is 0. The van der Waals surface area contributed by atoms with Gasteiger partial charge in [-0.3, -0.25) is 9.59 Å². The fourth-order valence-corrected chi connectivity index (χ4v) is 9.81. The molecule has 0 spiro atoms. The summed E-state index contributed by atoms with van der Waals surface area (Å²) in [4.78, 5) is 35.5. The number of hydrogen-bond acceptors (Lipinski definition) is 6. The van der Waals surface area contributed by atoms with Gasteiger partial charge in [0.25, 0.3) is 11.8 Å². The highest BCUT2D eigenvalue weighted by Crippen LogP contribution is 2.51. The zero-order valence-corrected chi connectivity index (χ0v) is 39.7. The monoisotopic (exact) mass is 886 g/mol. The van der Waals surface area contributed by atoms with Crippen molar-refractivity contribution >= 4 is 11.8 Å². The quantitative estimate of drug-likeness (QED) is 0.108. The van der Waals surface area contributed by atoms with E-state index in [1.54, 1.807) is 28.4 Å². The van der Waals surface area contributed by atoms with Gasteiger partial charge in [0.05, 0.1) is 39.6 Å². The van der Waals surface area contributed by atoms with E-state index in [0.29, 0.717) is 81.3 Å². The van der Waals surface area contributed by atoms with E-state index >= 15 is 9.59 Å². The smallest absolute Gasteiger partial charge is 0.254 e. The number of methoxy groups -OCH3 is 4. The molecule has 0 saturated heterocycles. The Morgan fingerprint density at radius 3 is 0.833 bits per heavy atom. The number of nitrogens with zero attached hydrogens (tertiary/aromatic N) is 2. The van der Waals surface area contributed by atoms with Crippen LogP contribution in [0.1, 0.15) is 84.9 Å². The Hall–Kier alpha value is -6.54. The second-order valence-electron chi connectivity index (χ2n) is 17.7. The van der Waals surface area contributed by atoms with E-state index in [1.807, 2.05) is 157 Å². The first-order chi connectivity index (χ1) is 32.2. The molecule has 0 unspecified atom stereocenters. The van der Waals surface area contributed by atoms with E-state index in [1.165, 1.54) is 38.5 Å². The minimum absolute atomic E-state index is 0.101. The van der Waals surface area contributed by atoms with Gasteiger partial charge in [0.2, 0.25) is 0 Å². The lowest BCUT2D eigenvalue weighted by atomic mass is 9.76. The minimum Gasteiger partial charge on any atom is -0.497 e. The van der Waals surface area contributed by atoms with Crippen LogP contribution < -0.4 is 18.9 Å². The fourth-order valence-electron chi connectivity index (χ4n) is 9.81. The summed E-state index contributed by atoms with van der Waals surface area (Å²) >= 11 is 0. The number of carbonyl (C=O) groups is 2. The summed E-state index contributed by atoms with van der Waals surface area (Å²) in [5.41, 5.74) is 7.06. The molecule has 6 aromatic rings. The molecule has 0 heterocycles. The summed E-state index contributed by atoms with van der Waals surface area (Å²) in [5.74, 6) is 3.41. The number of carbonyl (C=O) groups excluding carboxylic acids is 2. The van der Waals surface area contributed by atoms with Crippen molar-refractivity contribution in [3.63, 3.8) is 0 Å². The van der Waals surface area contributed by atoms with Crippen molar-refractivity contribution in [2.75, 3.05) is 55.6 Å². The Bertz CT molecular complexity index is 2170. The lowest BCUT2D eigenvalue weighted by molar-refractivity contribution is 0.0751. The van der Waals surface area contributed by atoms with Gasteiger partial charge in [-0.25, -0.2) is 0 Å². The summed E-state index contributed by atoms with van der Waals surface area (Å²) in [6, 6.07) is 43.4. The molecule has 66 heavy (non-hydrogen) atoms. The van der Waals surface area contributed by atoms with Crippen LogP contribution >= 0.6 is 0 Å². The molecule has 2 aliphatic rings. The second-order valence-corrected chi connectivity index (χ2v) is 17.7. The molecule has 344 valence electrons. The Labute approximate surface area is 392 Å². The summed E-state index contributed by atoms with van der Waals surface area (Å²) in [7, 11) is 10.5. The van der Waals surface area contributed by atoms with E-state index in [4.69, 9.17) is 18.9 Å². The van der Waals surface area contributed by atoms with Gasteiger partial charge in [0.15, 0.2) is 0 Å². The van der Waals surface area contributed by atoms with Gasteiger partial charge in [-0.2, -0.15) is 0 Å². The summed E-state index contributed by atoms with van der Waals surface area (Å²) < 4.78 is 22.6. The number of benzene rings is 6. The molecule has 0 atom stereocenters. The Morgan fingerprint density at radius 2 is 0.621 bits per heavy atom. The van der Waals surface area contributed by atoms with Crippen molar-refractivity contribution in [1.82, 2.24) is 9.80 Å². The van der Waals surface area contributed by atoms with E-state index in [0.717, 1.165) is 47.9 Å². The van der Waals surface area contributed by atoms with Crippen molar-refractivity contribution in [3.05, 3.63) is 145 Å². The van der Waals surface area contributed by atoms with Crippen molar-refractivity contribution in [1.29, 1.82) is 0 Å². The van der Waals surface area contributed by atoms with Crippen LogP contribution in [-0.2, 0) is 0 Å². The number of rotatable bonds is 14. The van der Waals surface area contributed by atoms with Crippen molar-refractivity contribution in [2.45, 2.75) is 64.2 Å². The summed E-state index contributed by atoms with van der Waals surface area (Å²) in [5, 5.41) is 0. The van der Waals surface area contributed by atoms with Gasteiger partial charge in [0, 0.05) is 49.4 Å². The van der Waals surface area contributed by atoms with Gasteiger partial charge in [-0.05, 0) is 108 Å². The Balaban J connectivity index is 0.000000999. The first-order valence-corrected chi connectivity index (χ1v) is 23.6. The van der Waals surface area contributed by atoms with Crippen LogP contribution in [0.4, 0.5) is 0 Å². The van der Waals surface area contributed by atoms with Crippen LogP contribution in [0.25, 0.3) is 44.5 Å². The second kappa shape index (κ2) is 23.1. The van der Waals surface area contributed by atoms with Crippen LogP contribution in [0, 0.1) is 11.8 Å². The van der Waals surface area contributed by atoms with Crippen LogP contribution in [0.5, 0.6) is 23.0 Å². The predicted octanol–water partition coefficient (Wildman–Crippen LogP) is 13.4. The highest BCUT2D eigenvalue weighted by atomic mass is 16.5. The molecule has 2 saturated carbocycles. The lowest BCUT2D eigenvalue weighted by Crippen LogP contribution is -2.35. The molecule has 0 N–H and O–H groups in total. The van der Waals surface area contributed by atoms with Crippen molar-refractivity contribution < 1.29 is 28.5 Å². The third kappa shape index (κ3) is 11.3. The zero-order chi connectivity index (χ0) is 46.4. The molecule has 0 radical (unpaired) electrons. The maximum atomic E-state index is 15.8. The summed E-state index contributed by atoms with van der Waals surface area (Å²) in [6.45, 7) is 1.28. The van der Waals surface area contributed by atoms with Crippen molar-refractivity contribution in [2.24, 2.45) is 11.8 Å². The van der Waals surface area contributed by atoms with Crippen molar-refractivity contribution in [3.8, 4) is 67.5 Å². The normalized spacial score (nSPS) is 14.0. The van der Waals surface area contributed by atoms with E-state index in [9.17, 15) is 0 Å². The molecule has 0 aromatic heterocycles. The molecule has 2 fully saturated rings. The van der Waals surface area contributed by atoms with Crippen LogP contribution in [0.15, 0.2) is 133 Å². The molecule has 8 rings (SSSR count). The lowest BCUT2D eigenvalue weighted by Gasteiger charge is -2.33. The minimum atomic E-state index is -0.101. The molecular weight excluding hydrogens is 821 g/mol. The highest BCUT2D eigenvalue weighted by Gasteiger charge is 2.36. The molecule has 8 nitrogen and oxygen atoms in total. The zero-order valence-electron chi connectivity index (χ0n) is 39.7. The average Bonchev–Trinajstić information content (AvgIpc) is 3.38. The van der Waals surface area contributed by atoms with Crippen LogP contribution in [0.3, 0.4) is 0 Å².